The first kappa shape index (κ1) is 14.7. The van der Waals surface area contributed by atoms with Gasteiger partial charge in [0, 0.05) is 17.7 Å². The summed E-state index contributed by atoms with van der Waals surface area (Å²) in [5, 5.41) is 3.81. The van der Waals surface area contributed by atoms with Gasteiger partial charge >= 0.3 is 0 Å². The quantitative estimate of drug-likeness (QED) is 0.861. The summed E-state index contributed by atoms with van der Waals surface area (Å²) in [7, 11) is -0.782. The third-order valence-electron chi connectivity index (χ3n) is 2.52. The van der Waals surface area contributed by atoms with Gasteiger partial charge in [0.25, 0.3) is 10.0 Å². The fourth-order valence-corrected chi connectivity index (χ4v) is 3.18. The Morgan fingerprint density at radius 2 is 2.15 bits per heavy atom. The Morgan fingerprint density at radius 1 is 1.45 bits per heavy atom. The largest absolute Gasteiger partial charge is 0.495 e. The van der Waals surface area contributed by atoms with E-state index in [0.717, 1.165) is 4.47 Å². The highest BCUT2D eigenvalue weighted by Gasteiger charge is 2.22. The number of nitrogens with one attached hydrogen (secondary N) is 1. The molecule has 0 fully saturated rings. The summed E-state index contributed by atoms with van der Waals surface area (Å²) in [6, 6.07) is 4.99. The molecule has 0 bridgehead atoms. The van der Waals surface area contributed by atoms with Crippen molar-refractivity contribution in [3.8, 4) is 5.75 Å². The second kappa shape index (κ2) is 5.33. The molecule has 0 amide bonds. The molecule has 1 aromatic carbocycles. The first-order chi connectivity index (χ1) is 9.33. The molecule has 1 heterocycles. The van der Waals surface area contributed by atoms with Crippen LogP contribution >= 0.6 is 15.9 Å². The maximum absolute atomic E-state index is 12.3. The van der Waals surface area contributed by atoms with Crippen LogP contribution in [0.15, 0.2) is 33.8 Å². The average Bonchev–Trinajstić information content (AvgIpc) is 2.69. The van der Waals surface area contributed by atoms with Gasteiger partial charge in [-0.15, -0.1) is 0 Å². The number of benzene rings is 1. The van der Waals surface area contributed by atoms with Crippen molar-refractivity contribution < 1.29 is 13.2 Å². The summed E-state index contributed by atoms with van der Waals surface area (Å²) in [6.07, 6.45) is 1.34. The smallest absolute Gasteiger partial charge is 0.267 e. The number of anilines is 2. The van der Waals surface area contributed by atoms with E-state index in [0.29, 0.717) is 11.4 Å². The monoisotopic (exact) mass is 360 g/mol. The van der Waals surface area contributed by atoms with Crippen LogP contribution in [-0.4, -0.2) is 25.3 Å². The second-order valence-corrected chi connectivity index (χ2v) is 6.57. The van der Waals surface area contributed by atoms with Gasteiger partial charge in [-0.3, -0.25) is 9.40 Å². The summed E-state index contributed by atoms with van der Waals surface area (Å²) < 4.78 is 34.2. The van der Waals surface area contributed by atoms with E-state index in [2.05, 4.69) is 25.8 Å². The number of ether oxygens (including phenoxy) is 1. The zero-order chi connectivity index (χ0) is 14.9. The summed E-state index contributed by atoms with van der Waals surface area (Å²) >= 11 is 3.28. The molecule has 7 nitrogen and oxygen atoms in total. The zero-order valence-electron chi connectivity index (χ0n) is 10.8. The Kier molecular flexibility index (Phi) is 3.91. The summed E-state index contributed by atoms with van der Waals surface area (Å²) in [4.78, 5) is -0.0815. The number of nitrogens with zero attached hydrogens (tertiary/aromatic N) is 2. The minimum Gasteiger partial charge on any atom is -0.495 e. The van der Waals surface area contributed by atoms with Crippen molar-refractivity contribution in [2.24, 2.45) is 7.05 Å². The van der Waals surface area contributed by atoms with Crippen LogP contribution in [0.3, 0.4) is 0 Å². The number of rotatable bonds is 4. The van der Waals surface area contributed by atoms with Gasteiger partial charge in [-0.05, 0) is 18.2 Å². The number of nitrogens with two attached hydrogens (primary N) is 1. The molecule has 0 spiro atoms. The van der Waals surface area contributed by atoms with Gasteiger partial charge in [0.2, 0.25) is 0 Å². The third-order valence-corrected chi connectivity index (χ3v) is 4.39. The van der Waals surface area contributed by atoms with Crippen LogP contribution in [0.25, 0.3) is 0 Å². The van der Waals surface area contributed by atoms with Crippen molar-refractivity contribution in [1.82, 2.24) is 9.78 Å². The maximum Gasteiger partial charge on any atom is 0.267 e. The number of hydrogen-bond donors (Lipinski definition) is 2. The average molecular weight is 361 g/mol. The molecule has 0 radical (unpaired) electrons. The van der Waals surface area contributed by atoms with E-state index >= 15 is 0 Å². The molecule has 1 aromatic heterocycles. The molecule has 9 heteroatoms. The predicted molar refractivity (Wildman–Crippen MR) is 79.1 cm³/mol. The van der Waals surface area contributed by atoms with Crippen molar-refractivity contribution >= 4 is 37.5 Å². The molecule has 2 aromatic rings. The topological polar surface area (TPSA) is 99.2 Å². The summed E-state index contributed by atoms with van der Waals surface area (Å²) in [5.74, 6) is 0.341. The van der Waals surface area contributed by atoms with Crippen molar-refractivity contribution in [1.29, 1.82) is 0 Å². The molecule has 0 atom stereocenters. The SMILES string of the molecule is COc1ccc(Br)cc1NS(=O)(=O)c1cn(C)nc1N. The summed E-state index contributed by atoms with van der Waals surface area (Å²) in [6.45, 7) is 0. The lowest BCUT2D eigenvalue weighted by atomic mass is 10.3. The van der Waals surface area contributed by atoms with Gasteiger partial charge in [0.05, 0.1) is 12.8 Å². The second-order valence-electron chi connectivity index (χ2n) is 4.00. The van der Waals surface area contributed by atoms with Crippen LogP contribution < -0.4 is 15.2 Å². The minimum absolute atomic E-state index is 0.0611. The third kappa shape index (κ3) is 2.88. The lowest BCUT2D eigenvalue weighted by Gasteiger charge is -2.11. The fraction of sp³-hybridized carbons (Fsp3) is 0.182. The van der Waals surface area contributed by atoms with E-state index in [1.807, 2.05) is 0 Å². The van der Waals surface area contributed by atoms with Crippen LogP contribution in [0, 0.1) is 0 Å². The van der Waals surface area contributed by atoms with Crippen LogP contribution in [-0.2, 0) is 17.1 Å². The predicted octanol–water partition coefficient (Wildman–Crippen LogP) is 1.57. The lowest BCUT2D eigenvalue weighted by Crippen LogP contribution is -2.14. The van der Waals surface area contributed by atoms with E-state index in [1.54, 1.807) is 25.2 Å². The first-order valence-corrected chi connectivity index (χ1v) is 7.76. The van der Waals surface area contributed by atoms with Gasteiger partial charge < -0.3 is 10.5 Å². The summed E-state index contributed by atoms with van der Waals surface area (Å²) in [5.41, 5.74) is 5.90. The molecule has 0 saturated heterocycles. The highest BCUT2D eigenvalue weighted by Crippen LogP contribution is 2.30. The van der Waals surface area contributed by atoms with Crippen LogP contribution in [0.2, 0.25) is 0 Å². The van der Waals surface area contributed by atoms with Gasteiger partial charge in [0.1, 0.15) is 10.6 Å². The molecule has 20 heavy (non-hydrogen) atoms. The Morgan fingerprint density at radius 3 is 2.70 bits per heavy atom. The minimum atomic E-state index is -3.83. The number of aryl methyl sites for hydroxylation is 1. The fourth-order valence-electron chi connectivity index (χ4n) is 1.65. The van der Waals surface area contributed by atoms with E-state index in [-0.39, 0.29) is 10.7 Å². The van der Waals surface area contributed by atoms with Crippen molar-refractivity contribution in [3.63, 3.8) is 0 Å². The number of hydrogen-bond acceptors (Lipinski definition) is 5. The lowest BCUT2D eigenvalue weighted by molar-refractivity contribution is 0.417. The number of halogens is 1. The normalized spacial score (nSPS) is 11.3. The Hall–Kier alpha value is -1.74. The molecule has 0 aliphatic heterocycles. The van der Waals surface area contributed by atoms with Crippen molar-refractivity contribution in [2.45, 2.75) is 4.90 Å². The molecule has 2 rings (SSSR count). The molecule has 0 aliphatic rings. The molecular weight excluding hydrogens is 348 g/mol. The highest BCUT2D eigenvalue weighted by molar-refractivity contribution is 9.10. The van der Waals surface area contributed by atoms with Gasteiger partial charge in [-0.25, -0.2) is 8.42 Å². The Labute approximate surface area is 124 Å². The Bertz CT molecular complexity index is 742. The van der Waals surface area contributed by atoms with Crippen molar-refractivity contribution in [2.75, 3.05) is 17.6 Å². The Balaban J connectivity index is 2.43. The van der Waals surface area contributed by atoms with Gasteiger partial charge in [0.15, 0.2) is 5.82 Å². The van der Waals surface area contributed by atoms with Gasteiger partial charge in [-0.2, -0.15) is 5.10 Å². The van der Waals surface area contributed by atoms with Crippen LogP contribution in [0.5, 0.6) is 5.75 Å². The standard InChI is InChI=1S/C11H13BrN4O3S/c1-16-6-10(11(13)14-16)20(17,18)15-8-5-7(12)3-4-9(8)19-2/h3-6,15H,1-2H3,(H2,13,14). The first-order valence-electron chi connectivity index (χ1n) is 5.49. The van der Waals surface area contributed by atoms with E-state index < -0.39 is 10.0 Å². The highest BCUT2D eigenvalue weighted by atomic mass is 79.9. The van der Waals surface area contributed by atoms with Crippen molar-refractivity contribution in [3.05, 3.63) is 28.9 Å². The number of aromatic nitrogens is 2. The molecule has 0 saturated carbocycles. The van der Waals surface area contributed by atoms with E-state index in [1.165, 1.54) is 18.0 Å². The molecule has 0 aliphatic carbocycles. The molecular formula is C11H13BrN4O3S. The van der Waals surface area contributed by atoms with E-state index in [9.17, 15) is 8.42 Å². The van der Waals surface area contributed by atoms with Crippen LogP contribution in [0.1, 0.15) is 0 Å². The van der Waals surface area contributed by atoms with Crippen LogP contribution in [0.4, 0.5) is 11.5 Å². The number of methoxy groups -OCH3 is 1. The number of sulfonamides is 1. The molecule has 3 N–H and O–H groups in total. The maximum atomic E-state index is 12.3. The molecule has 0 unspecified atom stereocenters. The zero-order valence-corrected chi connectivity index (χ0v) is 13.2. The van der Waals surface area contributed by atoms with Gasteiger partial charge in [-0.1, -0.05) is 15.9 Å². The molecule has 108 valence electrons. The van der Waals surface area contributed by atoms with E-state index in [4.69, 9.17) is 10.5 Å². The number of nitrogen functional groups attached to an aromatic ring is 1.